The van der Waals surface area contributed by atoms with Gasteiger partial charge in [0.25, 0.3) is 0 Å². The third kappa shape index (κ3) is 2.92. The van der Waals surface area contributed by atoms with Crippen molar-refractivity contribution in [2.24, 2.45) is 10.2 Å². The Kier molecular flexibility index (Phi) is 4.03. The molecule has 1 atom stereocenters. The summed E-state index contributed by atoms with van der Waals surface area (Å²) < 4.78 is 0. The van der Waals surface area contributed by atoms with Crippen LogP contribution in [0.15, 0.2) is 34.8 Å². The normalized spacial score (nSPS) is 20.4. The fourth-order valence-electron chi connectivity index (χ4n) is 2.21. The first-order chi connectivity index (χ1) is 8.74. The lowest BCUT2D eigenvalue weighted by Gasteiger charge is -2.19. The number of hydrogen-bond donors (Lipinski definition) is 0. The van der Waals surface area contributed by atoms with E-state index in [1.807, 2.05) is 12.1 Å². The molecule has 1 aromatic heterocycles. The van der Waals surface area contributed by atoms with Gasteiger partial charge in [-0.2, -0.15) is 15.5 Å². The summed E-state index contributed by atoms with van der Waals surface area (Å²) in [6.07, 6.45) is 9.31. The molecule has 1 heterocycles. The molecule has 94 valence electrons. The highest BCUT2D eigenvalue weighted by atomic mass is 15.2. The van der Waals surface area contributed by atoms with Gasteiger partial charge in [0.15, 0.2) is 5.54 Å². The van der Waals surface area contributed by atoms with Crippen LogP contribution >= 0.6 is 0 Å². The first-order valence-corrected chi connectivity index (χ1v) is 6.48. The van der Waals surface area contributed by atoms with Gasteiger partial charge in [0, 0.05) is 12.4 Å². The zero-order valence-electron chi connectivity index (χ0n) is 10.7. The van der Waals surface area contributed by atoms with E-state index < -0.39 is 5.54 Å². The molecule has 1 unspecified atom stereocenters. The Bertz CT molecular complexity index is 443. The highest BCUT2D eigenvalue weighted by molar-refractivity contribution is 5.27. The van der Waals surface area contributed by atoms with E-state index in [2.05, 4.69) is 21.3 Å². The molecule has 2 rings (SSSR count). The molecule has 0 N–H and O–H groups in total. The monoisotopic (exact) mass is 242 g/mol. The molecule has 0 aromatic carbocycles. The number of azo groups is 1. The fraction of sp³-hybridized carbons (Fsp3) is 0.571. The number of hydrogen-bond acceptors (Lipinski definition) is 4. The van der Waals surface area contributed by atoms with Crippen LogP contribution in [0.25, 0.3) is 0 Å². The largest absolute Gasteiger partial charge is 0.265 e. The third-order valence-electron chi connectivity index (χ3n) is 3.46. The van der Waals surface area contributed by atoms with Gasteiger partial charge in [0.1, 0.15) is 0 Å². The Morgan fingerprint density at radius 1 is 1.28 bits per heavy atom. The van der Waals surface area contributed by atoms with Gasteiger partial charge in [-0.15, -0.1) is 0 Å². The maximum absolute atomic E-state index is 9.34. The highest BCUT2D eigenvalue weighted by Gasteiger charge is 2.26. The number of nitrogens with zero attached hydrogens (tertiary/aromatic N) is 4. The van der Waals surface area contributed by atoms with Crippen LogP contribution < -0.4 is 0 Å². The minimum absolute atomic E-state index is 0.299. The third-order valence-corrected chi connectivity index (χ3v) is 3.46. The number of nitriles is 1. The minimum atomic E-state index is -0.889. The summed E-state index contributed by atoms with van der Waals surface area (Å²) in [6, 6.07) is 6.19. The van der Waals surface area contributed by atoms with Crippen molar-refractivity contribution < 1.29 is 0 Å². The average Bonchev–Trinajstić information content (AvgIpc) is 2.47. The average molecular weight is 242 g/mol. The molecule has 0 amide bonds. The van der Waals surface area contributed by atoms with Crippen LogP contribution in [0.5, 0.6) is 0 Å². The van der Waals surface area contributed by atoms with Gasteiger partial charge in [-0.3, -0.25) is 4.98 Å². The second-order valence-electron chi connectivity index (χ2n) is 4.93. The van der Waals surface area contributed by atoms with Crippen LogP contribution in [0.2, 0.25) is 0 Å². The summed E-state index contributed by atoms with van der Waals surface area (Å²) in [7, 11) is 0. The van der Waals surface area contributed by atoms with Gasteiger partial charge in [-0.25, -0.2) is 0 Å². The van der Waals surface area contributed by atoms with E-state index >= 15 is 0 Å². The van der Waals surface area contributed by atoms with Crippen LogP contribution in [-0.4, -0.2) is 11.0 Å². The molecule has 0 spiro atoms. The molecular formula is C14H18N4. The second-order valence-corrected chi connectivity index (χ2v) is 4.93. The summed E-state index contributed by atoms with van der Waals surface area (Å²) >= 11 is 0. The fourth-order valence-corrected chi connectivity index (χ4v) is 2.21. The molecule has 4 heteroatoms. The highest BCUT2D eigenvalue weighted by Crippen LogP contribution is 2.27. The molecular weight excluding hydrogens is 224 g/mol. The van der Waals surface area contributed by atoms with Gasteiger partial charge < -0.3 is 0 Å². The van der Waals surface area contributed by atoms with E-state index in [4.69, 9.17) is 0 Å². The van der Waals surface area contributed by atoms with Crippen molar-refractivity contribution >= 4 is 0 Å². The van der Waals surface area contributed by atoms with Crippen molar-refractivity contribution in [3.63, 3.8) is 0 Å². The van der Waals surface area contributed by atoms with Gasteiger partial charge in [0.2, 0.25) is 0 Å². The van der Waals surface area contributed by atoms with Crippen LogP contribution in [0.3, 0.4) is 0 Å². The van der Waals surface area contributed by atoms with E-state index in [9.17, 15) is 5.26 Å². The predicted octanol–water partition coefficient (Wildman–Crippen LogP) is 3.61. The first-order valence-electron chi connectivity index (χ1n) is 6.48. The maximum Gasteiger partial charge on any atom is 0.189 e. The van der Waals surface area contributed by atoms with Gasteiger partial charge in [0.05, 0.1) is 12.1 Å². The molecule has 4 nitrogen and oxygen atoms in total. The maximum atomic E-state index is 9.34. The summed E-state index contributed by atoms with van der Waals surface area (Å²) in [5, 5.41) is 18.0. The van der Waals surface area contributed by atoms with Crippen molar-refractivity contribution in [2.45, 2.75) is 50.6 Å². The lowest BCUT2D eigenvalue weighted by atomic mass is 9.95. The summed E-state index contributed by atoms with van der Waals surface area (Å²) in [6.45, 7) is 1.80. The molecule has 1 aliphatic rings. The first kappa shape index (κ1) is 12.7. The quantitative estimate of drug-likeness (QED) is 0.760. The predicted molar refractivity (Wildman–Crippen MR) is 68.9 cm³/mol. The molecule has 0 aliphatic heterocycles. The van der Waals surface area contributed by atoms with Crippen molar-refractivity contribution in [3.05, 3.63) is 30.1 Å². The smallest absolute Gasteiger partial charge is 0.189 e. The molecule has 0 radical (unpaired) electrons. The number of pyridine rings is 1. The lowest BCUT2D eigenvalue weighted by Crippen LogP contribution is -2.17. The Labute approximate surface area is 108 Å². The molecule has 1 aromatic rings. The standard InChI is InChI=1S/C14H18N4/c1-14(11-15,12-7-9-16-10-8-12)18-17-13-5-3-2-4-6-13/h7-10,13H,2-6H2,1H3. The second kappa shape index (κ2) is 5.72. The van der Waals surface area contributed by atoms with Crippen molar-refractivity contribution in [2.75, 3.05) is 0 Å². The zero-order chi connectivity index (χ0) is 12.8. The van der Waals surface area contributed by atoms with E-state index in [1.54, 1.807) is 19.3 Å². The van der Waals surface area contributed by atoms with E-state index in [1.165, 1.54) is 19.3 Å². The SMILES string of the molecule is CC(C#N)(N=NC1CCCCC1)c1ccncc1. The molecule has 0 bridgehead atoms. The Hall–Kier alpha value is -1.76. The number of rotatable bonds is 3. The summed E-state index contributed by atoms with van der Waals surface area (Å²) in [5.74, 6) is 0. The van der Waals surface area contributed by atoms with E-state index in [0.29, 0.717) is 6.04 Å². The minimum Gasteiger partial charge on any atom is -0.265 e. The van der Waals surface area contributed by atoms with Gasteiger partial charge >= 0.3 is 0 Å². The Morgan fingerprint density at radius 3 is 2.56 bits per heavy atom. The molecule has 1 saturated carbocycles. The van der Waals surface area contributed by atoms with Gasteiger partial charge in [-0.1, -0.05) is 19.3 Å². The molecule has 18 heavy (non-hydrogen) atoms. The van der Waals surface area contributed by atoms with E-state index in [-0.39, 0.29) is 0 Å². The van der Waals surface area contributed by atoms with Crippen LogP contribution in [0.1, 0.15) is 44.6 Å². The molecule has 0 saturated heterocycles. The Balaban J connectivity index is 2.13. The Morgan fingerprint density at radius 2 is 1.94 bits per heavy atom. The van der Waals surface area contributed by atoms with Gasteiger partial charge in [-0.05, 0) is 37.5 Å². The van der Waals surface area contributed by atoms with Crippen LogP contribution in [0.4, 0.5) is 0 Å². The number of aromatic nitrogens is 1. The van der Waals surface area contributed by atoms with Crippen LogP contribution in [0, 0.1) is 11.3 Å². The topological polar surface area (TPSA) is 61.4 Å². The van der Waals surface area contributed by atoms with Crippen molar-refractivity contribution in [1.82, 2.24) is 4.98 Å². The zero-order valence-corrected chi connectivity index (χ0v) is 10.7. The van der Waals surface area contributed by atoms with Crippen LogP contribution in [-0.2, 0) is 5.54 Å². The summed E-state index contributed by atoms with van der Waals surface area (Å²) in [4.78, 5) is 3.96. The summed E-state index contributed by atoms with van der Waals surface area (Å²) in [5.41, 5.74) is -0.0417. The molecule has 1 aliphatic carbocycles. The lowest BCUT2D eigenvalue weighted by molar-refractivity contribution is 0.415. The molecule has 1 fully saturated rings. The van der Waals surface area contributed by atoms with Crippen molar-refractivity contribution in [1.29, 1.82) is 5.26 Å². The van der Waals surface area contributed by atoms with E-state index in [0.717, 1.165) is 18.4 Å². The van der Waals surface area contributed by atoms with Crippen molar-refractivity contribution in [3.8, 4) is 6.07 Å².